The molecule has 12 aromatic carbocycles. The first-order valence-corrected chi connectivity index (χ1v) is 45.1. The topological polar surface area (TPSA) is 65.0 Å². The maximum atomic E-state index is 5.67. The summed E-state index contributed by atoms with van der Waals surface area (Å²) in [5.41, 5.74) is 20.8. The lowest BCUT2D eigenvalue weighted by Crippen LogP contribution is -3.00. The monoisotopic (exact) mass is 1710 g/mol. The van der Waals surface area contributed by atoms with E-state index in [0.717, 1.165) is 102 Å². The molecule has 0 amide bonds. The number of hydrogen-bond acceptors (Lipinski definition) is 13. The minimum absolute atomic E-state index is 0. The van der Waals surface area contributed by atoms with Gasteiger partial charge >= 0.3 is 0 Å². The van der Waals surface area contributed by atoms with Gasteiger partial charge in [-0.3, -0.25) is 28.9 Å². The van der Waals surface area contributed by atoms with E-state index in [1.165, 1.54) is 123 Å². The molecule has 0 spiro atoms. The highest BCUT2D eigenvalue weighted by atomic mass is 35.5. The number of benzene rings is 12. The summed E-state index contributed by atoms with van der Waals surface area (Å²) in [6, 6.07) is 122. The Balaban J connectivity index is 0.000000160. The number of halogens is 1. The molecule has 0 unspecified atom stereocenters. The summed E-state index contributed by atoms with van der Waals surface area (Å²) in [7, 11) is 8.68. The number of piperazine rings is 1. The number of nitrogens with zero attached hydrogens (tertiary/aromatic N) is 13. The number of thioether (sulfide) groups is 4. The summed E-state index contributed by atoms with van der Waals surface area (Å²) in [6.45, 7) is 4.98. The fraction of sp³-hybridized carbons (Fsp3) is 0.132. The number of para-hydroxylation sites is 12. The van der Waals surface area contributed by atoms with Crippen molar-refractivity contribution in [1.29, 1.82) is 0 Å². The molecule has 0 bridgehead atoms. The average molecular weight is 1710 g/mol. The number of anilines is 6. The molecule has 22 rings (SSSR count). The standard InChI is InChI=1S/C53H45N6S2.C52H44N7S2.CH4.ClH/c1-55-46-25-13-15-27-48(46)60-52(55)35-37-33-50(58(40-17-5-3-6-18-40)44-23-11-9-21-42(37)44)54-39-29-31-57(32-30-39)51-34-38(36-53-56(2)47-26-14-16-28-49(47)61-53)43-22-10-12-24-45(43)59(51)41-19-7-4-8-20-41;1-54-45-25-13-15-27-47(45)60-51(54)35-37-33-49(58(39-17-5-3-6-18-39)43-23-11-9-21-41(37)43)53-57-31-29-56(30-32-57)50-34-38(36-52-55(2)46-26-14-16-28-48(46)61-52)42-22-10-12-24-44(42)59(50)40-19-7-4-8-20-40;;/h3-28,33-36,39H,29-32H2,1-2H3;3-28,33-36H,29-32H2,1-2H3;1H4;1H/q2*+1;;/p-1/b52-35+,54-50?;51-35+,53-49+;;. The van der Waals surface area contributed by atoms with Gasteiger partial charge in [-0.05, 0) is 180 Å². The highest BCUT2D eigenvalue weighted by molar-refractivity contribution is 8.04. The summed E-state index contributed by atoms with van der Waals surface area (Å²) in [4.78, 5) is 25.2. The number of fused-ring (bicyclic) bond motifs is 8. The first-order valence-electron chi connectivity index (χ1n) is 41.8. The van der Waals surface area contributed by atoms with Crippen LogP contribution in [0.5, 0.6) is 0 Å². The van der Waals surface area contributed by atoms with Crippen LogP contribution in [0.25, 0.3) is 90.7 Å². The number of piperidine rings is 1. The van der Waals surface area contributed by atoms with Gasteiger partial charge in [-0.15, -0.1) is 0 Å². The lowest BCUT2D eigenvalue weighted by Gasteiger charge is -2.30. The van der Waals surface area contributed by atoms with E-state index < -0.39 is 0 Å². The van der Waals surface area contributed by atoms with E-state index >= 15 is 0 Å². The van der Waals surface area contributed by atoms with Crippen LogP contribution in [0, 0.1) is 0 Å². The Bertz CT molecular complexity index is 6620. The predicted octanol–water partition coefficient (Wildman–Crippen LogP) is 20.1. The first-order chi connectivity index (χ1) is 60.1. The normalized spacial score (nSPS) is 16.5. The van der Waals surface area contributed by atoms with Gasteiger partial charge in [0.25, 0.3) is 11.6 Å². The third-order valence-electron chi connectivity index (χ3n) is 24.1. The van der Waals surface area contributed by atoms with E-state index in [2.05, 4.69) is 445 Å². The molecule has 4 aromatic heterocycles. The molecule has 16 aromatic rings. The highest BCUT2D eigenvalue weighted by Gasteiger charge is 2.34. The van der Waals surface area contributed by atoms with Crippen molar-refractivity contribution in [1.82, 2.24) is 14.1 Å². The molecule has 0 atom stereocenters. The average Bonchev–Trinajstić information content (AvgIpc) is 1.21. The van der Waals surface area contributed by atoms with Gasteiger partial charge in [0, 0.05) is 106 Å². The highest BCUT2D eigenvalue weighted by Crippen LogP contribution is 2.50. The third kappa shape index (κ3) is 15.5. The fourth-order valence-corrected chi connectivity index (χ4v) is 22.3. The van der Waals surface area contributed by atoms with Crippen LogP contribution >= 0.6 is 47.0 Å². The molecular weight excluding hydrogens is 1620 g/mol. The molecule has 2 fully saturated rings. The molecule has 0 aliphatic carbocycles. The van der Waals surface area contributed by atoms with Crippen LogP contribution in [0.1, 0.15) is 42.5 Å². The van der Waals surface area contributed by atoms with E-state index in [9.17, 15) is 0 Å². The van der Waals surface area contributed by atoms with Crippen molar-refractivity contribution in [2.45, 2.75) is 45.9 Å². The maximum Gasteiger partial charge on any atom is 0.282 e. The van der Waals surface area contributed by atoms with Gasteiger partial charge in [0.15, 0.2) is 5.49 Å². The second-order valence-electron chi connectivity index (χ2n) is 31.4. The Kier molecular flexibility index (Phi) is 22.9. The zero-order chi connectivity index (χ0) is 81.7. The SMILES string of the molecule is C.CN1C(=Cc2cc(N3CCC(N=c4cc(/C=C5/Sc6ccccc6N5C)c5ccccc5n4-c4ccccc4)CC3)[n+](-c3ccccc3)c3ccccc23)Sc2ccccc21.CN1C(=Cc2cc(N3CCN(/N=c4\cc(/C=C5/Sc6ccccc6N5C)c5ccccc5n4-c4ccccc4)CC3)[n+](-c3ccccc3)c3ccccc23)Sc2ccccc21.[Cl-]. The van der Waals surface area contributed by atoms with Crippen LogP contribution in [-0.2, 0) is 0 Å². The quantitative estimate of drug-likeness (QED) is 0.110. The zero-order valence-corrected chi connectivity index (χ0v) is 72.7. The van der Waals surface area contributed by atoms with Crippen molar-refractivity contribution in [2.75, 3.05) is 96.9 Å². The molecule has 18 heteroatoms. The minimum atomic E-state index is 0. The second-order valence-corrected chi connectivity index (χ2v) is 35.7. The van der Waals surface area contributed by atoms with Gasteiger partial charge in [0.2, 0.25) is 0 Å². The van der Waals surface area contributed by atoms with Crippen LogP contribution in [0.3, 0.4) is 0 Å². The maximum absolute atomic E-state index is 5.67. The zero-order valence-electron chi connectivity index (χ0n) is 68.7. The molecular formula is C106H93ClN13S4+. The van der Waals surface area contributed by atoms with E-state index in [1.807, 2.05) is 47.0 Å². The number of aromatic nitrogens is 4. The fourth-order valence-electron chi connectivity index (χ4n) is 17.9. The summed E-state index contributed by atoms with van der Waals surface area (Å²) < 4.78 is 9.56. The molecule has 612 valence electrons. The van der Waals surface area contributed by atoms with Gasteiger partial charge in [-0.2, -0.15) is 14.2 Å². The largest absolute Gasteiger partial charge is 1.00 e. The van der Waals surface area contributed by atoms with Gasteiger partial charge in [-0.25, -0.2) is 0 Å². The molecule has 6 aliphatic rings. The number of rotatable bonds is 12. The smallest absolute Gasteiger partial charge is 0.282 e. The Morgan fingerprint density at radius 1 is 0.315 bits per heavy atom. The molecule has 6 aliphatic heterocycles. The van der Waals surface area contributed by atoms with Crippen LogP contribution in [0.4, 0.5) is 34.4 Å². The predicted molar refractivity (Wildman–Crippen MR) is 519 cm³/mol. The molecule has 0 N–H and O–H groups in total. The lowest BCUT2D eigenvalue weighted by molar-refractivity contribution is -0.554. The van der Waals surface area contributed by atoms with E-state index in [0.29, 0.717) is 0 Å². The van der Waals surface area contributed by atoms with Crippen molar-refractivity contribution in [3.05, 3.63) is 393 Å². The summed E-state index contributed by atoms with van der Waals surface area (Å²) in [5.74, 6) is 2.38. The van der Waals surface area contributed by atoms with Gasteiger partial charge in [0.1, 0.15) is 41.0 Å². The van der Waals surface area contributed by atoms with Crippen LogP contribution < -0.4 is 61.9 Å². The van der Waals surface area contributed by atoms with E-state index in [1.54, 1.807) is 0 Å². The van der Waals surface area contributed by atoms with Crippen molar-refractivity contribution >= 4 is 149 Å². The van der Waals surface area contributed by atoms with Crippen LogP contribution in [-0.4, -0.2) is 87.6 Å². The van der Waals surface area contributed by atoms with Crippen LogP contribution in [0.15, 0.2) is 390 Å². The third-order valence-corrected chi connectivity index (χ3v) is 28.7. The molecule has 10 heterocycles. The minimum Gasteiger partial charge on any atom is -1.00 e. The van der Waals surface area contributed by atoms with Crippen LogP contribution in [0.2, 0.25) is 0 Å². The van der Waals surface area contributed by atoms with Crippen molar-refractivity contribution in [2.24, 2.45) is 10.1 Å². The Labute approximate surface area is 747 Å². The van der Waals surface area contributed by atoms with Gasteiger partial charge in [0.05, 0.1) is 86.1 Å². The number of hydrogen-bond donors (Lipinski definition) is 0. The molecule has 13 nitrogen and oxygen atoms in total. The van der Waals surface area contributed by atoms with Gasteiger partial charge in [-0.1, -0.05) is 249 Å². The van der Waals surface area contributed by atoms with Crippen molar-refractivity contribution < 1.29 is 21.5 Å². The summed E-state index contributed by atoms with van der Waals surface area (Å²) in [5, 5.41) is 17.5. The van der Waals surface area contributed by atoms with Gasteiger partial charge < -0.3 is 32.0 Å². The first kappa shape index (κ1) is 80.8. The Morgan fingerprint density at radius 2 is 0.621 bits per heavy atom. The molecule has 0 saturated carbocycles. The summed E-state index contributed by atoms with van der Waals surface area (Å²) >= 11 is 7.33. The molecule has 2 saturated heterocycles. The molecule has 0 radical (unpaired) electrons. The summed E-state index contributed by atoms with van der Waals surface area (Å²) in [6.07, 6.45) is 11.3. The Hall–Kier alpha value is -12.9. The Morgan fingerprint density at radius 3 is 1.01 bits per heavy atom. The van der Waals surface area contributed by atoms with E-state index in [4.69, 9.17) is 10.1 Å². The van der Waals surface area contributed by atoms with Crippen molar-refractivity contribution in [3.8, 4) is 22.7 Å². The van der Waals surface area contributed by atoms with Crippen molar-refractivity contribution in [3.63, 3.8) is 0 Å². The second kappa shape index (κ2) is 35.2. The van der Waals surface area contributed by atoms with E-state index in [-0.39, 0.29) is 25.9 Å². The number of pyridine rings is 4. The molecule has 124 heavy (non-hydrogen) atoms. The lowest BCUT2D eigenvalue weighted by atomic mass is 10.0.